The highest BCUT2D eigenvalue weighted by Gasteiger charge is 2.24. The number of anilines is 4. The molecular formula is C20H27N7O2. The second-order valence-corrected chi connectivity index (χ2v) is 7.11. The molecule has 0 radical (unpaired) electrons. The summed E-state index contributed by atoms with van der Waals surface area (Å²) < 4.78 is 0. The Morgan fingerprint density at radius 3 is 2.59 bits per heavy atom. The van der Waals surface area contributed by atoms with Gasteiger partial charge in [0.05, 0.1) is 5.56 Å². The number of nitrogens with zero attached hydrogens (tertiary/aromatic N) is 3. The van der Waals surface area contributed by atoms with Crippen LogP contribution < -0.4 is 26.6 Å². The Kier molecular flexibility index (Phi) is 6.48. The van der Waals surface area contributed by atoms with Crippen molar-refractivity contribution in [3.8, 4) is 0 Å². The molecule has 3 rings (SSSR count). The third-order valence-electron chi connectivity index (χ3n) is 4.71. The SMILES string of the molecule is CNC(=O)CCCN(C)c1ccc(Nc2ncc(C(N)=O)c(NC3CC3)n2)cc1. The maximum absolute atomic E-state index is 11.6. The molecule has 1 aromatic carbocycles. The average molecular weight is 397 g/mol. The quantitative estimate of drug-likeness (QED) is 0.482. The second kappa shape index (κ2) is 9.22. The van der Waals surface area contributed by atoms with Gasteiger partial charge in [0.1, 0.15) is 5.82 Å². The average Bonchev–Trinajstić information content (AvgIpc) is 3.52. The molecule has 5 N–H and O–H groups in total. The van der Waals surface area contributed by atoms with E-state index in [0.29, 0.717) is 24.2 Å². The summed E-state index contributed by atoms with van der Waals surface area (Å²) >= 11 is 0. The predicted molar refractivity (Wildman–Crippen MR) is 113 cm³/mol. The van der Waals surface area contributed by atoms with Crippen LogP contribution in [0.5, 0.6) is 0 Å². The van der Waals surface area contributed by atoms with E-state index in [2.05, 4.69) is 30.8 Å². The zero-order chi connectivity index (χ0) is 20.8. The molecule has 0 spiro atoms. The summed E-state index contributed by atoms with van der Waals surface area (Å²) in [5.41, 5.74) is 7.58. The lowest BCUT2D eigenvalue weighted by Crippen LogP contribution is -2.22. The van der Waals surface area contributed by atoms with E-state index in [4.69, 9.17) is 5.73 Å². The molecule has 0 aliphatic heterocycles. The number of nitrogens with one attached hydrogen (secondary N) is 3. The van der Waals surface area contributed by atoms with Crippen LogP contribution in [0.2, 0.25) is 0 Å². The van der Waals surface area contributed by atoms with Crippen molar-refractivity contribution >= 4 is 35.0 Å². The van der Waals surface area contributed by atoms with Crippen molar-refractivity contribution in [2.24, 2.45) is 5.73 Å². The Bertz CT molecular complexity index is 866. The zero-order valence-electron chi connectivity index (χ0n) is 16.7. The minimum absolute atomic E-state index is 0.0517. The normalized spacial score (nSPS) is 12.9. The molecule has 1 heterocycles. The van der Waals surface area contributed by atoms with Crippen LogP contribution >= 0.6 is 0 Å². The third kappa shape index (κ3) is 5.81. The zero-order valence-corrected chi connectivity index (χ0v) is 16.7. The van der Waals surface area contributed by atoms with Gasteiger partial charge in [-0.05, 0) is 43.5 Å². The van der Waals surface area contributed by atoms with Gasteiger partial charge in [-0.3, -0.25) is 9.59 Å². The summed E-state index contributed by atoms with van der Waals surface area (Å²) in [5, 5.41) is 9.00. The number of hydrogen-bond donors (Lipinski definition) is 4. The highest BCUT2D eigenvalue weighted by Crippen LogP contribution is 2.26. The minimum atomic E-state index is -0.552. The van der Waals surface area contributed by atoms with Crippen LogP contribution in [-0.2, 0) is 4.79 Å². The number of nitrogens with two attached hydrogens (primary N) is 1. The van der Waals surface area contributed by atoms with Gasteiger partial charge in [0.25, 0.3) is 5.91 Å². The Labute approximate surface area is 170 Å². The first-order valence-corrected chi connectivity index (χ1v) is 9.68. The number of rotatable bonds is 10. The van der Waals surface area contributed by atoms with E-state index in [0.717, 1.165) is 37.2 Å². The first-order chi connectivity index (χ1) is 14.0. The van der Waals surface area contributed by atoms with E-state index in [1.807, 2.05) is 31.3 Å². The van der Waals surface area contributed by atoms with E-state index in [1.54, 1.807) is 7.05 Å². The topological polar surface area (TPSA) is 125 Å². The molecule has 0 saturated heterocycles. The van der Waals surface area contributed by atoms with Gasteiger partial charge in [0.15, 0.2) is 0 Å². The molecule has 9 heteroatoms. The summed E-state index contributed by atoms with van der Waals surface area (Å²) in [6.07, 6.45) is 4.85. The van der Waals surface area contributed by atoms with Gasteiger partial charge in [-0.25, -0.2) is 4.98 Å². The van der Waals surface area contributed by atoms with Crippen molar-refractivity contribution in [2.75, 3.05) is 36.2 Å². The van der Waals surface area contributed by atoms with Gasteiger partial charge in [-0.15, -0.1) is 0 Å². The predicted octanol–water partition coefficient (Wildman–Crippen LogP) is 1.86. The molecule has 1 saturated carbocycles. The first-order valence-electron chi connectivity index (χ1n) is 9.68. The number of primary amides is 1. The number of aromatic nitrogens is 2. The molecule has 2 amide bonds. The Morgan fingerprint density at radius 1 is 1.24 bits per heavy atom. The van der Waals surface area contributed by atoms with Gasteiger partial charge < -0.3 is 26.6 Å². The second-order valence-electron chi connectivity index (χ2n) is 7.11. The summed E-state index contributed by atoms with van der Waals surface area (Å²) in [6.45, 7) is 0.786. The summed E-state index contributed by atoms with van der Waals surface area (Å²) in [5.74, 6) is 0.356. The van der Waals surface area contributed by atoms with Crippen LogP contribution in [0.15, 0.2) is 30.5 Å². The molecule has 2 aromatic rings. The fourth-order valence-corrected chi connectivity index (χ4v) is 2.81. The van der Waals surface area contributed by atoms with Crippen molar-refractivity contribution in [2.45, 2.75) is 31.7 Å². The first kappa shape index (κ1) is 20.4. The highest BCUT2D eigenvalue weighted by molar-refractivity contribution is 5.97. The van der Waals surface area contributed by atoms with Crippen molar-refractivity contribution < 1.29 is 9.59 Å². The van der Waals surface area contributed by atoms with E-state index < -0.39 is 5.91 Å². The standard InChI is InChI=1S/C20H27N7O2/c1-22-17(28)4-3-11-27(2)15-9-7-14(8-10-15)25-20-23-12-16(18(21)29)19(26-20)24-13-5-6-13/h7-10,12-13H,3-6,11H2,1-2H3,(H2,21,29)(H,22,28)(H2,23,24,25,26). The Balaban J connectivity index is 1.61. The molecular weight excluding hydrogens is 370 g/mol. The van der Waals surface area contributed by atoms with E-state index in [9.17, 15) is 9.59 Å². The van der Waals surface area contributed by atoms with Crippen molar-refractivity contribution in [1.82, 2.24) is 15.3 Å². The molecule has 154 valence electrons. The number of amides is 2. The monoisotopic (exact) mass is 397 g/mol. The largest absolute Gasteiger partial charge is 0.375 e. The number of hydrogen-bond acceptors (Lipinski definition) is 7. The number of carbonyl (C=O) groups excluding carboxylic acids is 2. The fourth-order valence-electron chi connectivity index (χ4n) is 2.81. The molecule has 1 aliphatic carbocycles. The van der Waals surface area contributed by atoms with Gasteiger partial charge >= 0.3 is 0 Å². The van der Waals surface area contributed by atoms with E-state index >= 15 is 0 Å². The molecule has 1 aliphatic rings. The minimum Gasteiger partial charge on any atom is -0.375 e. The summed E-state index contributed by atoms with van der Waals surface area (Å²) in [6, 6.07) is 8.19. The lowest BCUT2D eigenvalue weighted by molar-refractivity contribution is -0.120. The van der Waals surface area contributed by atoms with Crippen molar-refractivity contribution in [3.05, 3.63) is 36.0 Å². The smallest absolute Gasteiger partial charge is 0.254 e. The van der Waals surface area contributed by atoms with Crippen LogP contribution in [-0.4, -0.2) is 48.5 Å². The van der Waals surface area contributed by atoms with Gasteiger partial charge in [-0.2, -0.15) is 4.98 Å². The third-order valence-corrected chi connectivity index (χ3v) is 4.71. The van der Waals surface area contributed by atoms with Crippen LogP contribution in [0.3, 0.4) is 0 Å². The molecule has 9 nitrogen and oxygen atoms in total. The highest BCUT2D eigenvalue weighted by atomic mass is 16.1. The fraction of sp³-hybridized carbons (Fsp3) is 0.400. The maximum Gasteiger partial charge on any atom is 0.254 e. The Morgan fingerprint density at radius 2 is 1.97 bits per heavy atom. The van der Waals surface area contributed by atoms with Crippen molar-refractivity contribution in [1.29, 1.82) is 0 Å². The number of benzene rings is 1. The van der Waals surface area contributed by atoms with Gasteiger partial charge in [0.2, 0.25) is 11.9 Å². The maximum atomic E-state index is 11.6. The molecule has 0 bridgehead atoms. The van der Waals surface area contributed by atoms with E-state index in [1.165, 1.54) is 6.20 Å². The van der Waals surface area contributed by atoms with E-state index in [-0.39, 0.29) is 11.5 Å². The lowest BCUT2D eigenvalue weighted by Gasteiger charge is -2.19. The Hall–Kier alpha value is -3.36. The molecule has 0 atom stereocenters. The van der Waals surface area contributed by atoms with Gasteiger partial charge in [-0.1, -0.05) is 0 Å². The van der Waals surface area contributed by atoms with Crippen LogP contribution in [0.4, 0.5) is 23.1 Å². The van der Waals surface area contributed by atoms with Crippen LogP contribution in [0.25, 0.3) is 0 Å². The molecule has 0 unspecified atom stereocenters. The number of carbonyl (C=O) groups is 2. The van der Waals surface area contributed by atoms with Crippen molar-refractivity contribution in [3.63, 3.8) is 0 Å². The molecule has 1 fully saturated rings. The lowest BCUT2D eigenvalue weighted by atomic mass is 10.2. The van der Waals surface area contributed by atoms with Crippen LogP contribution in [0, 0.1) is 0 Å². The van der Waals surface area contributed by atoms with Gasteiger partial charge in [0, 0.05) is 50.7 Å². The molecule has 29 heavy (non-hydrogen) atoms. The summed E-state index contributed by atoms with van der Waals surface area (Å²) in [4.78, 5) is 33.6. The molecule has 1 aromatic heterocycles. The van der Waals surface area contributed by atoms with Crippen LogP contribution in [0.1, 0.15) is 36.0 Å². The summed E-state index contributed by atoms with van der Waals surface area (Å²) in [7, 11) is 3.64.